The van der Waals surface area contributed by atoms with Crippen LogP contribution >= 0.6 is 11.6 Å². The average molecular weight is 416 g/mol. The van der Waals surface area contributed by atoms with Crippen molar-refractivity contribution in [1.82, 2.24) is 0 Å². The fraction of sp³-hybridized carbons (Fsp3) is 0.154. The van der Waals surface area contributed by atoms with Gasteiger partial charge in [0.25, 0.3) is 0 Å². The maximum Gasteiger partial charge on any atom is 0.168 e. The fourth-order valence-corrected chi connectivity index (χ4v) is 3.16. The van der Waals surface area contributed by atoms with E-state index in [-0.39, 0.29) is 18.1 Å². The summed E-state index contributed by atoms with van der Waals surface area (Å²) in [6.45, 7) is 0. The van der Waals surface area contributed by atoms with Crippen molar-refractivity contribution in [3.63, 3.8) is 0 Å². The van der Waals surface area contributed by atoms with Crippen molar-refractivity contribution >= 4 is 23.1 Å². The number of Topliss-reactive ketones (excluding diaryl/α,β-unsaturated/α-hetero) is 1. The average Bonchev–Trinajstić information content (AvgIpc) is 2.78. The molecule has 0 radical (unpaired) electrons. The lowest BCUT2D eigenvalue weighted by Crippen LogP contribution is -2.11. The number of benzene rings is 3. The first-order chi connectivity index (χ1) is 14.5. The van der Waals surface area contributed by atoms with Gasteiger partial charge in [0.05, 0.1) is 13.0 Å². The molecule has 3 nitrogen and oxygen atoms in total. The number of halogens is 1. The van der Waals surface area contributed by atoms with Crippen LogP contribution in [0.2, 0.25) is 5.02 Å². The van der Waals surface area contributed by atoms with Crippen LogP contribution in [0.15, 0.2) is 78.9 Å². The van der Waals surface area contributed by atoms with Crippen LogP contribution in [0.5, 0.6) is 5.75 Å². The van der Waals surface area contributed by atoms with Crippen LogP contribution in [-0.2, 0) is 0 Å². The van der Waals surface area contributed by atoms with Crippen molar-refractivity contribution in [1.29, 1.82) is 5.41 Å². The van der Waals surface area contributed by atoms with Crippen molar-refractivity contribution in [2.45, 2.75) is 18.8 Å². The zero-order chi connectivity index (χ0) is 21.3. The van der Waals surface area contributed by atoms with Gasteiger partial charge >= 0.3 is 0 Å². The standard InChI is InChI=1S/C26H22ClNO2/c1-30-25-15-11-21(12-16-25)26(29)18-24(28)17-22(20-9-13-23(27)14-10-20)8-7-19-5-3-2-4-6-19/h2-6,9-16,22,28H,17-18H2,1H3. The minimum Gasteiger partial charge on any atom is -0.497 e. The molecule has 30 heavy (non-hydrogen) atoms. The smallest absolute Gasteiger partial charge is 0.168 e. The molecule has 1 unspecified atom stereocenters. The van der Waals surface area contributed by atoms with Crippen molar-refractivity contribution < 1.29 is 9.53 Å². The Morgan fingerprint density at radius 3 is 2.30 bits per heavy atom. The molecule has 1 atom stereocenters. The lowest BCUT2D eigenvalue weighted by molar-refractivity contribution is 0.1000. The van der Waals surface area contributed by atoms with Crippen LogP contribution in [0.3, 0.4) is 0 Å². The first-order valence-corrected chi connectivity index (χ1v) is 9.98. The van der Waals surface area contributed by atoms with Crippen LogP contribution < -0.4 is 4.74 Å². The summed E-state index contributed by atoms with van der Waals surface area (Å²) in [7, 11) is 1.58. The third-order valence-corrected chi connectivity index (χ3v) is 4.93. The number of carbonyl (C=O) groups is 1. The number of carbonyl (C=O) groups excluding carboxylic acids is 1. The van der Waals surface area contributed by atoms with E-state index >= 15 is 0 Å². The Kier molecular flexibility index (Phi) is 7.43. The summed E-state index contributed by atoms with van der Waals surface area (Å²) < 4.78 is 5.13. The van der Waals surface area contributed by atoms with E-state index in [0.717, 1.165) is 11.1 Å². The summed E-state index contributed by atoms with van der Waals surface area (Å²) in [5.74, 6) is 6.86. The minimum absolute atomic E-state index is 0.0590. The van der Waals surface area contributed by atoms with E-state index < -0.39 is 0 Å². The van der Waals surface area contributed by atoms with Gasteiger partial charge < -0.3 is 10.1 Å². The van der Waals surface area contributed by atoms with Gasteiger partial charge in [0.15, 0.2) is 5.78 Å². The molecule has 0 fully saturated rings. The van der Waals surface area contributed by atoms with Gasteiger partial charge in [-0.2, -0.15) is 0 Å². The second kappa shape index (κ2) is 10.4. The van der Waals surface area contributed by atoms with Crippen molar-refractivity contribution in [2.24, 2.45) is 0 Å². The summed E-state index contributed by atoms with van der Waals surface area (Å²) >= 11 is 6.02. The molecule has 0 aliphatic carbocycles. The Morgan fingerprint density at radius 2 is 1.67 bits per heavy atom. The molecule has 0 saturated heterocycles. The summed E-state index contributed by atoms with van der Waals surface area (Å²) in [4.78, 5) is 12.6. The molecule has 0 amide bonds. The van der Waals surface area contributed by atoms with Crippen LogP contribution in [-0.4, -0.2) is 18.6 Å². The monoisotopic (exact) mass is 415 g/mol. The number of methoxy groups -OCH3 is 1. The maximum atomic E-state index is 12.6. The normalized spacial score (nSPS) is 11.1. The molecule has 0 heterocycles. The van der Waals surface area contributed by atoms with E-state index in [9.17, 15) is 4.79 Å². The van der Waals surface area contributed by atoms with Gasteiger partial charge in [0, 0.05) is 34.7 Å². The van der Waals surface area contributed by atoms with E-state index in [1.54, 1.807) is 31.4 Å². The third kappa shape index (κ3) is 6.07. The molecule has 0 bridgehead atoms. The minimum atomic E-state index is -0.196. The molecule has 1 N–H and O–H groups in total. The topological polar surface area (TPSA) is 50.2 Å². The maximum absolute atomic E-state index is 12.6. The first kappa shape index (κ1) is 21.4. The Balaban J connectivity index is 1.74. The zero-order valence-corrected chi connectivity index (χ0v) is 17.4. The predicted octanol–water partition coefficient (Wildman–Crippen LogP) is 6.17. The third-order valence-electron chi connectivity index (χ3n) is 4.67. The summed E-state index contributed by atoms with van der Waals surface area (Å²) in [6, 6.07) is 24.2. The van der Waals surface area contributed by atoms with Crippen molar-refractivity contribution in [3.05, 3.63) is 101 Å². The first-order valence-electron chi connectivity index (χ1n) is 9.61. The molecule has 150 valence electrons. The highest BCUT2D eigenvalue weighted by molar-refractivity contribution is 6.30. The lowest BCUT2D eigenvalue weighted by atomic mass is 9.91. The van der Waals surface area contributed by atoms with Gasteiger partial charge in [-0.3, -0.25) is 4.79 Å². The molecule has 0 spiro atoms. The van der Waals surface area contributed by atoms with Gasteiger partial charge in [0.2, 0.25) is 0 Å². The van der Waals surface area contributed by atoms with E-state index in [1.165, 1.54) is 0 Å². The molecule has 4 heteroatoms. The zero-order valence-electron chi connectivity index (χ0n) is 16.7. The van der Waals surface area contributed by atoms with Gasteiger partial charge in [-0.15, -0.1) is 0 Å². The Labute approximate surface area is 182 Å². The molecule has 3 rings (SSSR count). The van der Waals surface area contributed by atoms with E-state index in [1.807, 2.05) is 54.6 Å². The number of ketones is 1. The van der Waals surface area contributed by atoms with Gasteiger partial charge in [0.1, 0.15) is 5.75 Å². The Hall–Kier alpha value is -3.35. The molecule has 0 aromatic heterocycles. The number of ether oxygens (including phenoxy) is 1. The van der Waals surface area contributed by atoms with Gasteiger partial charge in [-0.05, 0) is 54.1 Å². The molecule has 0 aliphatic heterocycles. The second-order valence-corrected chi connectivity index (χ2v) is 7.31. The summed E-state index contributed by atoms with van der Waals surface area (Å²) in [6.07, 6.45) is 0.437. The van der Waals surface area contributed by atoms with Crippen molar-refractivity contribution in [2.75, 3.05) is 7.11 Å². The molecule has 3 aromatic carbocycles. The van der Waals surface area contributed by atoms with Crippen LogP contribution in [0, 0.1) is 17.3 Å². The number of hydrogen-bond donors (Lipinski definition) is 1. The van der Waals surface area contributed by atoms with Crippen LogP contribution in [0.25, 0.3) is 0 Å². The predicted molar refractivity (Wildman–Crippen MR) is 122 cm³/mol. The Morgan fingerprint density at radius 1 is 1.00 bits per heavy atom. The quantitative estimate of drug-likeness (QED) is 0.285. The fourth-order valence-electron chi connectivity index (χ4n) is 3.03. The van der Waals surface area contributed by atoms with Crippen LogP contribution in [0.4, 0.5) is 0 Å². The second-order valence-electron chi connectivity index (χ2n) is 6.88. The molecule has 0 aliphatic rings. The molecular weight excluding hydrogens is 394 g/mol. The highest BCUT2D eigenvalue weighted by Gasteiger charge is 2.15. The van der Waals surface area contributed by atoms with Crippen molar-refractivity contribution in [3.8, 4) is 17.6 Å². The number of nitrogens with one attached hydrogen (secondary N) is 1. The highest BCUT2D eigenvalue weighted by Crippen LogP contribution is 2.23. The van der Waals surface area contributed by atoms with E-state index in [4.69, 9.17) is 21.7 Å². The Bertz CT molecular complexity index is 1060. The number of hydrogen-bond acceptors (Lipinski definition) is 3. The largest absolute Gasteiger partial charge is 0.497 e. The molecular formula is C26H22ClNO2. The molecule has 3 aromatic rings. The van der Waals surface area contributed by atoms with Crippen LogP contribution in [0.1, 0.15) is 40.2 Å². The SMILES string of the molecule is COc1ccc(C(=O)CC(=N)CC(C#Cc2ccccc2)c2ccc(Cl)cc2)cc1. The van der Waals surface area contributed by atoms with E-state index in [0.29, 0.717) is 28.5 Å². The van der Waals surface area contributed by atoms with Gasteiger partial charge in [-0.1, -0.05) is 53.8 Å². The summed E-state index contributed by atoms with van der Waals surface area (Å²) in [5.41, 5.74) is 2.80. The lowest BCUT2D eigenvalue weighted by Gasteiger charge is -2.12. The van der Waals surface area contributed by atoms with E-state index in [2.05, 4.69) is 11.8 Å². The van der Waals surface area contributed by atoms with Gasteiger partial charge in [-0.25, -0.2) is 0 Å². The number of rotatable bonds is 7. The molecule has 0 saturated carbocycles. The highest BCUT2D eigenvalue weighted by atomic mass is 35.5. The summed E-state index contributed by atoms with van der Waals surface area (Å²) in [5, 5.41) is 9.06.